The van der Waals surface area contributed by atoms with E-state index >= 15 is 0 Å². The highest BCUT2D eigenvalue weighted by atomic mass is 35.5. The number of phenolic OH excluding ortho intramolecular Hbond substituents is 1. The van der Waals surface area contributed by atoms with Gasteiger partial charge in [0.2, 0.25) is 0 Å². The molecule has 0 atom stereocenters. The van der Waals surface area contributed by atoms with Crippen LogP contribution in [0.25, 0.3) is 0 Å². The van der Waals surface area contributed by atoms with Crippen molar-refractivity contribution in [2.45, 2.75) is 13.3 Å². The SMILES string of the molecule is Cc1cc(C(=O)O)c(Cc2ccccc2O)c(C(=O)O)c1Cl. The molecule has 0 fully saturated rings. The molecule has 2 aromatic rings. The van der Waals surface area contributed by atoms with Crippen LogP contribution < -0.4 is 0 Å². The Morgan fingerprint density at radius 1 is 1.14 bits per heavy atom. The molecule has 0 saturated carbocycles. The van der Waals surface area contributed by atoms with Crippen molar-refractivity contribution in [2.75, 3.05) is 0 Å². The molecule has 114 valence electrons. The van der Waals surface area contributed by atoms with Crippen LogP contribution in [0.4, 0.5) is 0 Å². The van der Waals surface area contributed by atoms with Crippen molar-refractivity contribution in [1.29, 1.82) is 0 Å². The summed E-state index contributed by atoms with van der Waals surface area (Å²) in [4.78, 5) is 22.9. The number of phenols is 1. The summed E-state index contributed by atoms with van der Waals surface area (Å²) in [6.45, 7) is 1.55. The summed E-state index contributed by atoms with van der Waals surface area (Å²) in [5, 5.41) is 28.6. The second-order valence-corrected chi connectivity index (χ2v) is 5.20. The van der Waals surface area contributed by atoms with Crippen molar-refractivity contribution in [1.82, 2.24) is 0 Å². The summed E-state index contributed by atoms with van der Waals surface area (Å²) in [6, 6.07) is 7.68. The van der Waals surface area contributed by atoms with Gasteiger partial charge in [0.15, 0.2) is 0 Å². The van der Waals surface area contributed by atoms with E-state index in [1.165, 1.54) is 12.1 Å². The molecular weight excluding hydrogens is 308 g/mol. The number of hydrogen-bond donors (Lipinski definition) is 3. The van der Waals surface area contributed by atoms with E-state index < -0.39 is 11.9 Å². The summed E-state index contributed by atoms with van der Waals surface area (Å²) in [7, 11) is 0. The Bertz CT molecular complexity index is 767. The van der Waals surface area contributed by atoms with Crippen molar-refractivity contribution >= 4 is 23.5 Å². The lowest BCUT2D eigenvalue weighted by Gasteiger charge is -2.14. The first kappa shape index (κ1) is 15.9. The monoisotopic (exact) mass is 320 g/mol. The normalized spacial score (nSPS) is 10.5. The lowest BCUT2D eigenvalue weighted by atomic mass is 9.92. The Kier molecular flexibility index (Phi) is 4.37. The van der Waals surface area contributed by atoms with E-state index in [2.05, 4.69) is 0 Å². The zero-order chi connectivity index (χ0) is 16.4. The van der Waals surface area contributed by atoms with Gasteiger partial charge in [-0.1, -0.05) is 29.8 Å². The third-order valence-corrected chi connectivity index (χ3v) is 3.84. The van der Waals surface area contributed by atoms with E-state index in [-0.39, 0.29) is 33.9 Å². The molecule has 5 nitrogen and oxygen atoms in total. The maximum atomic E-state index is 11.5. The van der Waals surface area contributed by atoms with Crippen LogP contribution >= 0.6 is 11.6 Å². The van der Waals surface area contributed by atoms with Gasteiger partial charge in [0.1, 0.15) is 5.75 Å². The fraction of sp³-hybridized carbons (Fsp3) is 0.125. The molecule has 2 aromatic carbocycles. The number of aryl methyl sites for hydroxylation is 1. The number of rotatable bonds is 4. The van der Waals surface area contributed by atoms with E-state index in [0.717, 1.165) is 0 Å². The van der Waals surface area contributed by atoms with E-state index in [1.54, 1.807) is 25.1 Å². The predicted octanol–water partition coefficient (Wildman–Crippen LogP) is 3.34. The summed E-state index contributed by atoms with van der Waals surface area (Å²) < 4.78 is 0. The standard InChI is InChI=1S/C16H13ClO5/c1-8-6-11(15(19)20)10(13(14(8)17)16(21)22)7-9-4-2-3-5-12(9)18/h2-6,18H,7H2,1H3,(H,19,20)(H,21,22). The van der Waals surface area contributed by atoms with Gasteiger partial charge < -0.3 is 15.3 Å². The Morgan fingerprint density at radius 3 is 2.32 bits per heavy atom. The molecule has 3 N–H and O–H groups in total. The quantitative estimate of drug-likeness (QED) is 0.803. The van der Waals surface area contributed by atoms with Crippen molar-refractivity contribution in [3.63, 3.8) is 0 Å². The average molecular weight is 321 g/mol. The van der Waals surface area contributed by atoms with Crippen molar-refractivity contribution in [3.05, 3.63) is 63.2 Å². The molecule has 0 aliphatic heterocycles. The number of carboxylic acids is 2. The summed E-state index contributed by atoms with van der Waals surface area (Å²) in [5.74, 6) is -2.58. The number of aromatic carboxylic acids is 2. The van der Waals surface area contributed by atoms with Gasteiger partial charge in [0.05, 0.1) is 16.1 Å². The van der Waals surface area contributed by atoms with E-state index in [4.69, 9.17) is 11.6 Å². The second-order valence-electron chi connectivity index (χ2n) is 4.82. The van der Waals surface area contributed by atoms with Crippen LogP contribution in [-0.4, -0.2) is 27.3 Å². The van der Waals surface area contributed by atoms with Gasteiger partial charge in [0, 0.05) is 6.42 Å². The number of para-hydroxylation sites is 1. The fourth-order valence-corrected chi connectivity index (χ4v) is 2.53. The minimum Gasteiger partial charge on any atom is -0.508 e. The molecule has 0 aromatic heterocycles. The molecule has 0 amide bonds. The van der Waals surface area contributed by atoms with E-state index in [1.807, 2.05) is 0 Å². The maximum Gasteiger partial charge on any atom is 0.337 e. The number of aromatic hydroxyl groups is 1. The van der Waals surface area contributed by atoms with Gasteiger partial charge in [-0.2, -0.15) is 0 Å². The first-order valence-electron chi connectivity index (χ1n) is 6.38. The highest BCUT2D eigenvalue weighted by molar-refractivity contribution is 6.34. The molecule has 0 aliphatic rings. The van der Waals surface area contributed by atoms with Crippen LogP contribution in [0.3, 0.4) is 0 Å². The third kappa shape index (κ3) is 2.89. The zero-order valence-electron chi connectivity index (χ0n) is 11.6. The van der Waals surface area contributed by atoms with E-state index in [0.29, 0.717) is 11.1 Å². The number of carbonyl (C=O) groups is 2. The number of carboxylic acid groups (broad SMARTS) is 2. The van der Waals surface area contributed by atoms with Crippen molar-refractivity contribution in [2.24, 2.45) is 0 Å². The van der Waals surface area contributed by atoms with Crippen molar-refractivity contribution < 1.29 is 24.9 Å². The Labute approximate surface area is 131 Å². The minimum atomic E-state index is -1.30. The minimum absolute atomic E-state index is 0.00270. The van der Waals surface area contributed by atoms with Gasteiger partial charge in [0.25, 0.3) is 0 Å². The Morgan fingerprint density at radius 2 is 1.77 bits per heavy atom. The van der Waals surface area contributed by atoms with E-state index in [9.17, 15) is 24.9 Å². The van der Waals surface area contributed by atoms with Crippen LogP contribution in [0.1, 0.15) is 37.4 Å². The zero-order valence-corrected chi connectivity index (χ0v) is 12.4. The number of benzene rings is 2. The molecule has 6 heteroatoms. The first-order chi connectivity index (χ1) is 10.3. The van der Waals surface area contributed by atoms with Crippen LogP contribution in [0.2, 0.25) is 5.02 Å². The molecule has 0 spiro atoms. The molecule has 2 rings (SSSR count). The van der Waals surface area contributed by atoms with Gasteiger partial charge in [-0.15, -0.1) is 0 Å². The molecule has 0 heterocycles. The maximum absolute atomic E-state index is 11.5. The Balaban J connectivity index is 2.72. The summed E-state index contributed by atoms with van der Waals surface area (Å²) in [5.41, 5.74) is 0.479. The molecular formula is C16H13ClO5. The van der Waals surface area contributed by atoms with Crippen LogP contribution in [-0.2, 0) is 6.42 Å². The van der Waals surface area contributed by atoms with Crippen molar-refractivity contribution in [3.8, 4) is 5.75 Å². The molecule has 0 aliphatic carbocycles. The molecule has 0 unspecified atom stereocenters. The lowest BCUT2D eigenvalue weighted by molar-refractivity contribution is 0.0695. The highest BCUT2D eigenvalue weighted by Crippen LogP contribution is 2.31. The van der Waals surface area contributed by atoms with Crippen LogP contribution in [0.15, 0.2) is 30.3 Å². The average Bonchev–Trinajstić information content (AvgIpc) is 2.44. The second kappa shape index (κ2) is 6.07. The summed E-state index contributed by atoms with van der Waals surface area (Å²) >= 11 is 6.04. The topological polar surface area (TPSA) is 94.8 Å². The smallest absolute Gasteiger partial charge is 0.337 e. The third-order valence-electron chi connectivity index (χ3n) is 3.36. The summed E-state index contributed by atoms with van der Waals surface area (Å²) in [6.07, 6.45) is -0.0457. The Hall–Kier alpha value is -2.53. The number of halogens is 1. The lowest BCUT2D eigenvalue weighted by Crippen LogP contribution is -2.12. The van der Waals surface area contributed by atoms with Gasteiger partial charge in [-0.05, 0) is 35.7 Å². The number of hydrogen-bond acceptors (Lipinski definition) is 3. The first-order valence-corrected chi connectivity index (χ1v) is 6.76. The predicted molar refractivity (Wildman–Crippen MR) is 81.0 cm³/mol. The molecule has 0 bridgehead atoms. The molecule has 0 saturated heterocycles. The van der Waals surface area contributed by atoms with Gasteiger partial charge in [-0.3, -0.25) is 0 Å². The van der Waals surface area contributed by atoms with Gasteiger partial charge in [-0.25, -0.2) is 9.59 Å². The fourth-order valence-electron chi connectivity index (χ4n) is 2.28. The van der Waals surface area contributed by atoms with Gasteiger partial charge >= 0.3 is 11.9 Å². The molecule has 22 heavy (non-hydrogen) atoms. The largest absolute Gasteiger partial charge is 0.508 e. The highest BCUT2D eigenvalue weighted by Gasteiger charge is 2.24. The van der Waals surface area contributed by atoms with Crippen LogP contribution in [0.5, 0.6) is 5.75 Å². The van der Waals surface area contributed by atoms with Crippen LogP contribution in [0, 0.1) is 6.92 Å². The molecule has 0 radical (unpaired) electrons.